The molecule has 0 amide bonds. The Morgan fingerprint density at radius 1 is 0.407 bits per heavy atom. The molecule has 0 heterocycles. The van der Waals surface area contributed by atoms with Gasteiger partial charge in [0.15, 0.2) is 0 Å². The highest BCUT2D eigenvalue weighted by atomic mass is 15.3. The monoisotopic (exact) mass is 368 g/mol. The van der Waals surface area contributed by atoms with Gasteiger partial charge in [-0.3, -0.25) is 0 Å². The van der Waals surface area contributed by atoms with Gasteiger partial charge in [-0.15, -0.1) is 0 Å². The van der Waals surface area contributed by atoms with Crippen LogP contribution in [0.2, 0.25) is 0 Å². The van der Waals surface area contributed by atoms with Crippen LogP contribution in [-0.2, 0) is 0 Å². The third kappa shape index (κ3) is 0.657. The van der Waals surface area contributed by atoms with Crippen LogP contribution < -0.4 is 0 Å². The van der Waals surface area contributed by atoms with E-state index in [1.165, 1.54) is 0 Å². The van der Waals surface area contributed by atoms with Gasteiger partial charge in [0, 0.05) is 0 Å². The first-order valence-corrected chi connectivity index (χ1v) is 11.8. The van der Waals surface area contributed by atoms with Gasteiger partial charge in [0.05, 0.1) is 0 Å². The van der Waals surface area contributed by atoms with Crippen molar-refractivity contribution in [2.75, 3.05) is 0 Å². The van der Waals surface area contributed by atoms with E-state index in [9.17, 15) is 0 Å². The quantitative estimate of drug-likeness (QED) is 0.417. The zero-order chi connectivity index (χ0) is 20.7. The maximum atomic E-state index is 2.80. The molecule has 7 aliphatic rings. The molecule has 0 aromatic heterocycles. The predicted molar refractivity (Wildman–Crippen MR) is 113 cm³/mol. The Bertz CT molecular complexity index is 876. The Labute approximate surface area is 168 Å². The lowest BCUT2D eigenvalue weighted by molar-refractivity contribution is -0.513. The standard InChI is InChI=1S/C27H44/c1-15-16(2)26-19(7,8)22(11)23(12)17(3,4)21(10)18(5,6)24(13,27(21,23)26)25(22,14)20(15,26)9/h15-16H,1-14H3. The summed E-state index contributed by atoms with van der Waals surface area (Å²) in [7, 11) is 0. The van der Waals surface area contributed by atoms with Crippen LogP contribution in [0.15, 0.2) is 0 Å². The van der Waals surface area contributed by atoms with E-state index in [-0.39, 0.29) is 0 Å². The number of hydrogen-bond donors (Lipinski definition) is 0. The maximum absolute atomic E-state index is 2.80. The van der Waals surface area contributed by atoms with Crippen molar-refractivity contribution in [2.24, 2.45) is 71.4 Å². The molecule has 0 nitrogen and oxygen atoms in total. The summed E-state index contributed by atoms with van der Waals surface area (Å²) in [6.45, 7) is 38.1. The van der Waals surface area contributed by atoms with Crippen molar-refractivity contribution in [3.8, 4) is 0 Å². The third-order valence-electron chi connectivity index (χ3n) is 17.3. The average molecular weight is 369 g/mol. The molecule has 27 heavy (non-hydrogen) atoms. The molecule has 0 aromatic rings. The van der Waals surface area contributed by atoms with Crippen molar-refractivity contribution >= 4 is 0 Å². The molecule has 7 rings (SSSR count). The fourth-order valence-corrected chi connectivity index (χ4v) is 16.8. The lowest BCUT2D eigenvalue weighted by atomic mass is 9.06. The summed E-state index contributed by atoms with van der Waals surface area (Å²) in [5, 5.41) is 0. The van der Waals surface area contributed by atoms with Crippen LogP contribution in [-0.4, -0.2) is 0 Å². The molecule has 0 aromatic carbocycles. The average Bonchev–Trinajstić information content (AvgIpc) is 2.86. The van der Waals surface area contributed by atoms with Crippen molar-refractivity contribution in [1.82, 2.24) is 0 Å². The fourth-order valence-electron chi connectivity index (χ4n) is 16.8. The topological polar surface area (TPSA) is 0 Å². The highest BCUT2D eigenvalue weighted by Crippen LogP contribution is 3.25. The van der Waals surface area contributed by atoms with Gasteiger partial charge >= 0.3 is 0 Å². The van der Waals surface area contributed by atoms with Crippen molar-refractivity contribution in [1.29, 1.82) is 0 Å². The van der Waals surface area contributed by atoms with E-state index in [1.54, 1.807) is 0 Å². The molecule has 4 bridgehead atoms. The minimum atomic E-state index is 0.381. The Kier molecular flexibility index (Phi) is 2.07. The van der Waals surface area contributed by atoms with E-state index < -0.39 is 0 Å². The van der Waals surface area contributed by atoms with Crippen LogP contribution in [0.4, 0.5) is 0 Å². The Morgan fingerprint density at radius 2 is 0.815 bits per heavy atom. The van der Waals surface area contributed by atoms with Crippen molar-refractivity contribution in [2.45, 2.75) is 96.9 Å². The molecular weight excluding hydrogens is 324 g/mol. The summed E-state index contributed by atoms with van der Waals surface area (Å²) in [4.78, 5) is 0. The first kappa shape index (κ1) is 17.8. The SMILES string of the molecule is CC1C(C)C23C(C)(C)C4(C)C(C)(C12C)C1(C)C(C)(C)C2(C)C(C)(C)C4(C)C213. The largest absolute Gasteiger partial charge is 0.0617 e. The normalized spacial score (nSPS) is 77.1. The van der Waals surface area contributed by atoms with Crippen LogP contribution in [0.1, 0.15) is 96.9 Å². The van der Waals surface area contributed by atoms with Crippen LogP contribution in [0.5, 0.6) is 0 Å². The minimum absolute atomic E-state index is 0.381. The van der Waals surface area contributed by atoms with Crippen molar-refractivity contribution < 1.29 is 0 Å². The lowest BCUT2D eigenvalue weighted by Crippen LogP contribution is -2.94. The summed E-state index contributed by atoms with van der Waals surface area (Å²) < 4.78 is 0. The molecule has 2 spiro atoms. The zero-order valence-electron chi connectivity index (χ0n) is 20.7. The van der Waals surface area contributed by atoms with Crippen molar-refractivity contribution in [3.05, 3.63) is 0 Å². The summed E-state index contributed by atoms with van der Waals surface area (Å²) in [5.74, 6) is 1.68. The molecule has 0 radical (unpaired) electrons. The predicted octanol–water partition coefficient (Wildman–Crippen LogP) is 7.43. The van der Waals surface area contributed by atoms with E-state index >= 15 is 0 Å². The first-order chi connectivity index (χ1) is 11.8. The van der Waals surface area contributed by atoms with Gasteiger partial charge in [-0.2, -0.15) is 0 Å². The Morgan fingerprint density at radius 3 is 1.26 bits per heavy atom. The Hall–Kier alpha value is 0. The summed E-state index contributed by atoms with van der Waals surface area (Å²) in [6.07, 6.45) is 0. The van der Waals surface area contributed by atoms with E-state index in [4.69, 9.17) is 0 Å². The number of rotatable bonds is 0. The molecule has 152 valence electrons. The smallest absolute Gasteiger partial charge is 0.00336 e. The van der Waals surface area contributed by atoms with Gasteiger partial charge < -0.3 is 0 Å². The van der Waals surface area contributed by atoms with E-state index in [1.807, 2.05) is 0 Å². The molecule has 10 unspecified atom stereocenters. The molecule has 0 N–H and O–H groups in total. The van der Waals surface area contributed by atoms with Crippen LogP contribution >= 0.6 is 0 Å². The van der Waals surface area contributed by atoms with Gasteiger partial charge in [0.1, 0.15) is 0 Å². The van der Waals surface area contributed by atoms with E-state index in [0.29, 0.717) is 59.6 Å². The summed E-state index contributed by atoms with van der Waals surface area (Å²) in [5.41, 5.74) is 4.68. The minimum Gasteiger partial charge on any atom is -0.0617 e. The van der Waals surface area contributed by atoms with E-state index in [2.05, 4.69) is 96.9 Å². The highest BCUT2D eigenvalue weighted by molar-refractivity contribution is 5.68. The molecule has 7 aliphatic carbocycles. The first-order valence-electron chi connectivity index (χ1n) is 11.8. The van der Waals surface area contributed by atoms with Crippen molar-refractivity contribution in [3.63, 3.8) is 0 Å². The summed E-state index contributed by atoms with van der Waals surface area (Å²) in [6, 6.07) is 0. The number of hydrogen-bond acceptors (Lipinski definition) is 0. The van der Waals surface area contributed by atoms with Crippen LogP contribution in [0.3, 0.4) is 0 Å². The van der Waals surface area contributed by atoms with Gasteiger partial charge in [-0.05, 0) is 71.4 Å². The molecule has 0 saturated heterocycles. The maximum Gasteiger partial charge on any atom is -0.00336 e. The molecule has 0 heteroatoms. The zero-order valence-corrected chi connectivity index (χ0v) is 20.7. The molecular formula is C27H44. The van der Waals surface area contributed by atoms with Gasteiger partial charge in [-0.25, -0.2) is 0 Å². The highest BCUT2D eigenvalue weighted by Gasteiger charge is 3.22. The van der Waals surface area contributed by atoms with Gasteiger partial charge in [-0.1, -0.05) is 96.9 Å². The fraction of sp³-hybridized carbons (Fsp3) is 1.00. The van der Waals surface area contributed by atoms with Crippen LogP contribution in [0.25, 0.3) is 0 Å². The lowest BCUT2D eigenvalue weighted by Gasteiger charge is -2.97. The Balaban J connectivity index is 1.92. The second-order valence-corrected chi connectivity index (χ2v) is 14.8. The third-order valence-corrected chi connectivity index (χ3v) is 17.3. The molecule has 7 fully saturated rings. The van der Waals surface area contributed by atoms with E-state index in [0.717, 1.165) is 11.8 Å². The second-order valence-electron chi connectivity index (χ2n) is 14.8. The molecule has 0 aliphatic heterocycles. The molecule has 7 saturated carbocycles. The summed E-state index contributed by atoms with van der Waals surface area (Å²) >= 11 is 0. The second kappa shape index (κ2) is 3.13. The van der Waals surface area contributed by atoms with Crippen LogP contribution in [0, 0.1) is 71.4 Å². The van der Waals surface area contributed by atoms with Gasteiger partial charge in [0.2, 0.25) is 0 Å². The van der Waals surface area contributed by atoms with Gasteiger partial charge in [0.25, 0.3) is 0 Å². The molecule has 10 atom stereocenters.